The number of pyridine rings is 1. The van der Waals surface area contributed by atoms with Gasteiger partial charge in [0, 0.05) is 36.3 Å². The first-order valence-electron chi connectivity index (χ1n) is 9.95. The van der Waals surface area contributed by atoms with Crippen molar-refractivity contribution in [2.45, 2.75) is 27.2 Å². The third-order valence-electron chi connectivity index (χ3n) is 4.68. The Balaban J connectivity index is 1.90. The first-order chi connectivity index (χ1) is 13.9. The Kier molecular flexibility index (Phi) is 6.77. The van der Waals surface area contributed by atoms with E-state index < -0.39 is 0 Å². The van der Waals surface area contributed by atoms with Gasteiger partial charge in [-0.25, -0.2) is 4.98 Å². The summed E-state index contributed by atoms with van der Waals surface area (Å²) in [6.45, 7) is 8.18. The minimum atomic E-state index is 0.620. The number of nitrogens with one attached hydrogen (secondary N) is 2. The lowest BCUT2D eigenvalue weighted by Gasteiger charge is -2.15. The zero-order chi connectivity index (χ0) is 20.8. The highest BCUT2D eigenvalue weighted by atomic mass is 15.1. The second-order valence-corrected chi connectivity index (χ2v) is 7.69. The smallest absolute Gasteiger partial charge is 0.225 e. The molecular formula is C23H30N6. The number of hydrogen-bond donors (Lipinski definition) is 2. The molecule has 0 saturated heterocycles. The van der Waals surface area contributed by atoms with Crippen LogP contribution in [0.4, 0.5) is 17.5 Å². The predicted molar refractivity (Wildman–Crippen MR) is 121 cm³/mol. The van der Waals surface area contributed by atoms with Crippen LogP contribution >= 0.6 is 0 Å². The lowest BCUT2D eigenvalue weighted by Crippen LogP contribution is -2.17. The van der Waals surface area contributed by atoms with E-state index in [0.29, 0.717) is 5.95 Å². The summed E-state index contributed by atoms with van der Waals surface area (Å²) in [7, 11) is 4.15. The van der Waals surface area contributed by atoms with Crippen LogP contribution in [0.25, 0.3) is 11.3 Å². The van der Waals surface area contributed by atoms with Crippen LogP contribution in [0.5, 0.6) is 0 Å². The van der Waals surface area contributed by atoms with Gasteiger partial charge >= 0.3 is 0 Å². The standard InChI is InChI=1S/C23H30N6/c1-16-12-17(2)22(18(3)13-16)27-21-14-20(19-8-6-9-24-15-19)26-23(28-21)25-10-7-11-29(4)5/h6,8-9,12-15H,7,10-11H2,1-5H3,(H2,25,26,27,28). The number of benzene rings is 1. The van der Waals surface area contributed by atoms with Crippen molar-refractivity contribution in [3.05, 3.63) is 59.4 Å². The van der Waals surface area contributed by atoms with Gasteiger partial charge in [-0.05, 0) is 71.1 Å². The Morgan fingerprint density at radius 2 is 1.76 bits per heavy atom. The maximum absolute atomic E-state index is 4.71. The van der Waals surface area contributed by atoms with Crippen LogP contribution in [0.15, 0.2) is 42.7 Å². The van der Waals surface area contributed by atoms with Crippen LogP contribution in [-0.4, -0.2) is 47.0 Å². The summed E-state index contributed by atoms with van der Waals surface area (Å²) in [5.41, 5.74) is 6.55. The van der Waals surface area contributed by atoms with Gasteiger partial charge < -0.3 is 15.5 Å². The normalized spacial score (nSPS) is 11.0. The number of rotatable bonds is 8. The minimum absolute atomic E-state index is 0.620. The fourth-order valence-electron chi connectivity index (χ4n) is 3.35. The highest BCUT2D eigenvalue weighted by Crippen LogP contribution is 2.27. The summed E-state index contributed by atoms with van der Waals surface area (Å²) in [5, 5.41) is 6.87. The van der Waals surface area contributed by atoms with E-state index in [1.54, 1.807) is 6.20 Å². The van der Waals surface area contributed by atoms with Gasteiger partial charge in [0.05, 0.1) is 5.69 Å². The molecule has 0 spiro atoms. The molecule has 0 aliphatic heterocycles. The van der Waals surface area contributed by atoms with Gasteiger partial charge in [-0.15, -0.1) is 0 Å². The molecule has 1 aromatic carbocycles. The monoisotopic (exact) mass is 390 g/mol. The van der Waals surface area contributed by atoms with Gasteiger partial charge in [-0.2, -0.15) is 4.98 Å². The fraction of sp³-hybridized carbons (Fsp3) is 0.348. The highest BCUT2D eigenvalue weighted by molar-refractivity contribution is 5.70. The molecule has 3 rings (SSSR count). The van der Waals surface area contributed by atoms with Crippen LogP contribution < -0.4 is 10.6 Å². The minimum Gasteiger partial charge on any atom is -0.354 e. The molecule has 0 unspecified atom stereocenters. The molecule has 0 fully saturated rings. The number of anilines is 3. The molecule has 152 valence electrons. The predicted octanol–water partition coefficient (Wildman–Crippen LogP) is 4.57. The van der Waals surface area contributed by atoms with Crippen molar-refractivity contribution in [1.29, 1.82) is 0 Å². The summed E-state index contributed by atoms with van der Waals surface area (Å²) in [5.74, 6) is 1.39. The SMILES string of the molecule is Cc1cc(C)c(Nc2cc(-c3cccnc3)nc(NCCCN(C)C)n2)c(C)c1. The van der Waals surface area contributed by atoms with Crippen LogP contribution in [0.3, 0.4) is 0 Å². The molecule has 0 atom stereocenters. The van der Waals surface area contributed by atoms with Gasteiger partial charge in [0.2, 0.25) is 5.95 Å². The van der Waals surface area contributed by atoms with Crippen LogP contribution in [-0.2, 0) is 0 Å². The number of aromatic nitrogens is 3. The molecule has 0 saturated carbocycles. The molecular weight excluding hydrogens is 360 g/mol. The molecule has 6 heteroatoms. The lowest BCUT2D eigenvalue weighted by molar-refractivity contribution is 0.405. The maximum Gasteiger partial charge on any atom is 0.225 e. The number of aryl methyl sites for hydroxylation is 3. The second-order valence-electron chi connectivity index (χ2n) is 7.69. The van der Waals surface area contributed by atoms with E-state index in [4.69, 9.17) is 9.97 Å². The van der Waals surface area contributed by atoms with E-state index in [1.807, 2.05) is 24.4 Å². The van der Waals surface area contributed by atoms with Crippen molar-refractivity contribution in [3.63, 3.8) is 0 Å². The molecule has 0 aliphatic rings. The summed E-state index contributed by atoms with van der Waals surface area (Å²) < 4.78 is 0. The largest absolute Gasteiger partial charge is 0.354 e. The maximum atomic E-state index is 4.71. The Bertz CT molecular complexity index is 930. The first-order valence-corrected chi connectivity index (χ1v) is 9.95. The van der Waals surface area contributed by atoms with Gasteiger partial charge in [-0.1, -0.05) is 17.7 Å². The van der Waals surface area contributed by atoms with Crippen molar-refractivity contribution in [1.82, 2.24) is 19.9 Å². The molecule has 2 N–H and O–H groups in total. The van der Waals surface area contributed by atoms with Crippen molar-refractivity contribution in [2.24, 2.45) is 0 Å². The third kappa shape index (κ3) is 5.74. The van der Waals surface area contributed by atoms with Crippen LogP contribution in [0.1, 0.15) is 23.1 Å². The molecule has 2 aromatic heterocycles. The Labute approximate surface area is 173 Å². The van der Waals surface area contributed by atoms with E-state index in [9.17, 15) is 0 Å². The van der Waals surface area contributed by atoms with Gasteiger partial charge in [0.25, 0.3) is 0 Å². The van der Waals surface area contributed by atoms with Crippen LogP contribution in [0.2, 0.25) is 0 Å². The average Bonchev–Trinajstić information content (AvgIpc) is 2.68. The Morgan fingerprint density at radius 3 is 2.41 bits per heavy atom. The van der Waals surface area contributed by atoms with Crippen LogP contribution in [0, 0.1) is 20.8 Å². The quantitative estimate of drug-likeness (QED) is 0.549. The van der Waals surface area contributed by atoms with Crippen molar-refractivity contribution in [3.8, 4) is 11.3 Å². The summed E-state index contributed by atoms with van der Waals surface area (Å²) in [4.78, 5) is 15.8. The zero-order valence-electron chi connectivity index (χ0n) is 18.0. The number of nitrogens with zero attached hydrogens (tertiary/aromatic N) is 4. The fourth-order valence-corrected chi connectivity index (χ4v) is 3.35. The van der Waals surface area contributed by atoms with Crippen molar-refractivity contribution in [2.75, 3.05) is 37.8 Å². The Hall–Kier alpha value is -2.99. The molecule has 0 bridgehead atoms. The van der Waals surface area contributed by atoms with E-state index in [0.717, 1.165) is 42.3 Å². The molecule has 0 amide bonds. The lowest BCUT2D eigenvalue weighted by atomic mass is 10.1. The van der Waals surface area contributed by atoms with Gasteiger partial charge in [0.1, 0.15) is 5.82 Å². The Morgan fingerprint density at radius 1 is 1.00 bits per heavy atom. The summed E-state index contributed by atoms with van der Waals surface area (Å²) >= 11 is 0. The van der Waals surface area contributed by atoms with Gasteiger partial charge in [0.15, 0.2) is 0 Å². The summed E-state index contributed by atoms with van der Waals surface area (Å²) in [6.07, 6.45) is 4.61. The second kappa shape index (κ2) is 9.47. The summed E-state index contributed by atoms with van der Waals surface area (Å²) in [6, 6.07) is 10.3. The molecule has 6 nitrogen and oxygen atoms in total. The van der Waals surface area contributed by atoms with E-state index in [1.165, 1.54) is 16.7 Å². The molecule has 3 aromatic rings. The van der Waals surface area contributed by atoms with E-state index in [-0.39, 0.29) is 0 Å². The molecule has 0 radical (unpaired) electrons. The molecule has 2 heterocycles. The topological polar surface area (TPSA) is 66.0 Å². The van der Waals surface area contributed by atoms with Gasteiger partial charge in [-0.3, -0.25) is 4.98 Å². The molecule has 0 aliphatic carbocycles. The number of hydrogen-bond acceptors (Lipinski definition) is 6. The van der Waals surface area contributed by atoms with E-state index >= 15 is 0 Å². The first kappa shape index (κ1) is 20.7. The third-order valence-corrected chi connectivity index (χ3v) is 4.68. The van der Waals surface area contributed by atoms with E-state index in [2.05, 4.69) is 67.5 Å². The average molecular weight is 391 g/mol. The van der Waals surface area contributed by atoms with Crippen molar-refractivity contribution < 1.29 is 0 Å². The zero-order valence-corrected chi connectivity index (χ0v) is 18.0. The molecule has 29 heavy (non-hydrogen) atoms. The van der Waals surface area contributed by atoms with Crippen molar-refractivity contribution >= 4 is 17.5 Å². The highest BCUT2D eigenvalue weighted by Gasteiger charge is 2.10.